The highest BCUT2D eigenvalue weighted by atomic mass is 35.5. The van der Waals surface area contributed by atoms with Gasteiger partial charge in [0.25, 0.3) is 0 Å². The standard InChI is InChI=1S/C23H16ClF2N3O2/c24-20-11-18(6-9-21(20)26)27-12-16-13-29(19-7-4-14(5-8-19)23(30)31)28-22(16)15-2-1-3-17(25)10-15/h1-11,13,27H,12H2,(H,30,31). The van der Waals surface area contributed by atoms with Crippen molar-refractivity contribution in [3.63, 3.8) is 0 Å². The largest absolute Gasteiger partial charge is 0.478 e. The molecule has 0 unspecified atom stereocenters. The van der Waals surface area contributed by atoms with E-state index >= 15 is 0 Å². The van der Waals surface area contributed by atoms with E-state index in [-0.39, 0.29) is 16.4 Å². The zero-order chi connectivity index (χ0) is 22.0. The molecule has 31 heavy (non-hydrogen) atoms. The van der Waals surface area contributed by atoms with Gasteiger partial charge in [0.1, 0.15) is 11.6 Å². The number of aromatic nitrogens is 2. The first-order valence-electron chi connectivity index (χ1n) is 9.28. The highest BCUT2D eigenvalue weighted by Crippen LogP contribution is 2.26. The molecule has 0 aliphatic rings. The lowest BCUT2D eigenvalue weighted by Gasteiger charge is -2.07. The Morgan fingerprint density at radius 3 is 2.52 bits per heavy atom. The molecule has 0 bridgehead atoms. The first-order chi connectivity index (χ1) is 14.9. The second-order valence-electron chi connectivity index (χ2n) is 6.79. The van der Waals surface area contributed by atoms with E-state index in [0.29, 0.717) is 29.2 Å². The average Bonchev–Trinajstić information content (AvgIpc) is 3.19. The van der Waals surface area contributed by atoms with Crippen molar-refractivity contribution in [2.75, 3.05) is 5.32 Å². The lowest BCUT2D eigenvalue weighted by Crippen LogP contribution is -2.00. The predicted molar refractivity (Wildman–Crippen MR) is 115 cm³/mol. The Hall–Kier alpha value is -3.71. The molecule has 4 rings (SSSR count). The summed E-state index contributed by atoms with van der Waals surface area (Å²) in [6.07, 6.45) is 1.77. The van der Waals surface area contributed by atoms with E-state index in [1.165, 1.54) is 36.4 Å². The van der Waals surface area contributed by atoms with Gasteiger partial charge in [-0.25, -0.2) is 18.3 Å². The van der Waals surface area contributed by atoms with Crippen LogP contribution in [0.15, 0.2) is 72.9 Å². The number of halogens is 3. The van der Waals surface area contributed by atoms with Crippen LogP contribution in [0.3, 0.4) is 0 Å². The molecule has 156 valence electrons. The van der Waals surface area contributed by atoms with Crippen LogP contribution in [0.5, 0.6) is 0 Å². The first-order valence-corrected chi connectivity index (χ1v) is 9.65. The van der Waals surface area contributed by atoms with Crippen LogP contribution in [-0.4, -0.2) is 20.9 Å². The zero-order valence-corrected chi connectivity index (χ0v) is 16.8. The third kappa shape index (κ3) is 4.57. The summed E-state index contributed by atoms with van der Waals surface area (Å²) in [6.45, 7) is 0.320. The van der Waals surface area contributed by atoms with Crippen molar-refractivity contribution in [3.8, 4) is 16.9 Å². The van der Waals surface area contributed by atoms with Gasteiger partial charge in [0.2, 0.25) is 0 Å². The van der Waals surface area contributed by atoms with E-state index < -0.39 is 11.8 Å². The summed E-state index contributed by atoms with van der Waals surface area (Å²) in [6, 6.07) is 16.7. The van der Waals surface area contributed by atoms with Crippen molar-refractivity contribution in [1.29, 1.82) is 0 Å². The lowest BCUT2D eigenvalue weighted by molar-refractivity contribution is 0.0697. The molecule has 0 spiro atoms. The van der Waals surface area contributed by atoms with Gasteiger partial charge in [-0.15, -0.1) is 0 Å². The number of hydrogen-bond donors (Lipinski definition) is 2. The van der Waals surface area contributed by atoms with Crippen molar-refractivity contribution >= 4 is 23.3 Å². The number of carboxylic acid groups (broad SMARTS) is 1. The van der Waals surface area contributed by atoms with Crippen molar-refractivity contribution in [3.05, 3.63) is 101 Å². The molecule has 0 fully saturated rings. The number of aromatic carboxylic acids is 1. The Morgan fingerprint density at radius 2 is 1.84 bits per heavy atom. The molecule has 0 radical (unpaired) electrons. The van der Waals surface area contributed by atoms with Crippen molar-refractivity contribution in [2.45, 2.75) is 6.54 Å². The lowest BCUT2D eigenvalue weighted by atomic mass is 10.1. The van der Waals surface area contributed by atoms with E-state index in [9.17, 15) is 13.6 Å². The Bertz CT molecular complexity index is 1260. The molecule has 5 nitrogen and oxygen atoms in total. The molecule has 1 heterocycles. The number of carboxylic acids is 1. The second-order valence-corrected chi connectivity index (χ2v) is 7.20. The zero-order valence-electron chi connectivity index (χ0n) is 16.0. The SMILES string of the molecule is O=C(O)c1ccc(-n2cc(CNc3ccc(F)c(Cl)c3)c(-c3cccc(F)c3)n2)cc1. The number of benzene rings is 3. The molecule has 0 aliphatic carbocycles. The first kappa shape index (κ1) is 20.6. The van der Waals surface area contributed by atoms with E-state index in [2.05, 4.69) is 10.4 Å². The summed E-state index contributed by atoms with van der Waals surface area (Å²) in [5.41, 5.74) is 3.34. The summed E-state index contributed by atoms with van der Waals surface area (Å²) in [4.78, 5) is 11.1. The normalized spacial score (nSPS) is 10.8. The number of carbonyl (C=O) groups is 1. The van der Waals surface area contributed by atoms with Crippen LogP contribution in [0, 0.1) is 11.6 Å². The molecular formula is C23H16ClF2N3O2. The number of nitrogens with one attached hydrogen (secondary N) is 1. The van der Waals surface area contributed by atoms with E-state index in [1.807, 2.05) is 0 Å². The summed E-state index contributed by atoms with van der Waals surface area (Å²) < 4.78 is 28.8. The Labute approximate surface area is 181 Å². The molecule has 0 amide bonds. The second kappa shape index (κ2) is 8.57. The molecule has 4 aromatic rings. The highest BCUT2D eigenvalue weighted by molar-refractivity contribution is 6.31. The van der Waals surface area contributed by atoms with Crippen LogP contribution in [0.2, 0.25) is 5.02 Å². The summed E-state index contributed by atoms with van der Waals surface area (Å²) in [7, 11) is 0. The fourth-order valence-electron chi connectivity index (χ4n) is 3.11. The van der Waals surface area contributed by atoms with Crippen molar-refractivity contribution in [1.82, 2.24) is 9.78 Å². The van der Waals surface area contributed by atoms with Gasteiger partial charge in [-0.3, -0.25) is 0 Å². The molecule has 0 saturated carbocycles. The van der Waals surface area contributed by atoms with Gasteiger partial charge < -0.3 is 10.4 Å². The minimum atomic E-state index is -1.02. The Kier molecular flexibility index (Phi) is 5.68. The molecule has 1 aromatic heterocycles. The minimum absolute atomic E-state index is 0.00423. The topological polar surface area (TPSA) is 67.2 Å². The molecular weight excluding hydrogens is 424 g/mol. The average molecular weight is 440 g/mol. The van der Waals surface area contributed by atoms with Crippen LogP contribution < -0.4 is 5.32 Å². The maximum Gasteiger partial charge on any atom is 0.335 e. The van der Waals surface area contributed by atoms with Gasteiger partial charge in [-0.1, -0.05) is 23.7 Å². The smallest absolute Gasteiger partial charge is 0.335 e. The molecule has 3 aromatic carbocycles. The van der Waals surface area contributed by atoms with E-state index in [1.54, 1.807) is 41.2 Å². The Balaban J connectivity index is 1.69. The molecule has 2 N–H and O–H groups in total. The van der Waals surface area contributed by atoms with E-state index in [4.69, 9.17) is 16.7 Å². The van der Waals surface area contributed by atoms with Gasteiger partial charge in [0, 0.05) is 29.6 Å². The highest BCUT2D eigenvalue weighted by Gasteiger charge is 2.14. The maximum absolute atomic E-state index is 13.8. The maximum atomic E-state index is 13.8. The summed E-state index contributed by atoms with van der Waals surface area (Å²) in [5, 5.41) is 16.8. The number of nitrogens with zero attached hydrogens (tertiary/aromatic N) is 2. The minimum Gasteiger partial charge on any atom is -0.478 e. The van der Waals surface area contributed by atoms with Crippen molar-refractivity contribution < 1.29 is 18.7 Å². The van der Waals surface area contributed by atoms with Gasteiger partial charge in [-0.05, 0) is 54.6 Å². The van der Waals surface area contributed by atoms with Crippen molar-refractivity contribution in [2.24, 2.45) is 0 Å². The van der Waals surface area contributed by atoms with Gasteiger partial charge in [-0.2, -0.15) is 5.10 Å². The fourth-order valence-corrected chi connectivity index (χ4v) is 3.29. The fraction of sp³-hybridized carbons (Fsp3) is 0.0435. The summed E-state index contributed by atoms with van der Waals surface area (Å²) in [5.74, 6) is -1.91. The van der Waals surface area contributed by atoms with Gasteiger partial charge in [0.05, 0.1) is 22.0 Å². The molecule has 0 aliphatic heterocycles. The number of hydrogen-bond acceptors (Lipinski definition) is 3. The summed E-state index contributed by atoms with van der Waals surface area (Å²) >= 11 is 5.84. The van der Waals surface area contributed by atoms with Crippen LogP contribution >= 0.6 is 11.6 Å². The quantitative estimate of drug-likeness (QED) is 0.399. The monoisotopic (exact) mass is 439 g/mol. The molecule has 0 saturated heterocycles. The van der Waals surface area contributed by atoms with Gasteiger partial charge >= 0.3 is 5.97 Å². The number of rotatable bonds is 6. The third-order valence-electron chi connectivity index (χ3n) is 4.67. The van der Waals surface area contributed by atoms with Crippen LogP contribution in [0.1, 0.15) is 15.9 Å². The van der Waals surface area contributed by atoms with Gasteiger partial charge in [0.15, 0.2) is 0 Å². The molecule has 8 heteroatoms. The third-order valence-corrected chi connectivity index (χ3v) is 4.96. The van der Waals surface area contributed by atoms with Crippen LogP contribution in [0.25, 0.3) is 16.9 Å². The number of anilines is 1. The molecule has 0 atom stereocenters. The van der Waals surface area contributed by atoms with Crippen LogP contribution in [0.4, 0.5) is 14.5 Å². The predicted octanol–water partition coefficient (Wildman–Crippen LogP) is 5.78. The Morgan fingerprint density at radius 1 is 1.06 bits per heavy atom. The van der Waals surface area contributed by atoms with Crippen LogP contribution in [-0.2, 0) is 6.54 Å². The van der Waals surface area contributed by atoms with E-state index in [0.717, 1.165) is 5.56 Å².